The lowest BCUT2D eigenvalue weighted by molar-refractivity contribution is -0.140. The number of hydrogen-bond acceptors (Lipinski definition) is 4. The molecule has 1 N–H and O–H groups in total. The molecule has 1 saturated heterocycles. The maximum atomic E-state index is 11.0. The maximum absolute atomic E-state index is 11.0. The van der Waals surface area contributed by atoms with Gasteiger partial charge < -0.3 is 10.1 Å². The summed E-state index contributed by atoms with van der Waals surface area (Å²) in [5.41, 5.74) is 1.26. The highest BCUT2D eigenvalue weighted by molar-refractivity contribution is 5.69. The number of methoxy groups -OCH3 is 1. The summed E-state index contributed by atoms with van der Waals surface area (Å²) in [4.78, 5) is 15.2. The van der Waals surface area contributed by atoms with E-state index in [1.807, 2.05) is 12.3 Å². The monoisotopic (exact) mass is 274 g/mol. The zero-order valence-corrected chi connectivity index (χ0v) is 11.9. The second kappa shape index (κ2) is 7.80. The van der Waals surface area contributed by atoms with Gasteiger partial charge in [-0.2, -0.15) is 0 Å². The van der Waals surface area contributed by atoms with Crippen LogP contribution in [0.15, 0.2) is 36.7 Å². The first-order valence-corrected chi connectivity index (χ1v) is 7.16. The fourth-order valence-electron chi connectivity index (χ4n) is 2.65. The lowest BCUT2D eigenvalue weighted by Gasteiger charge is -2.18. The van der Waals surface area contributed by atoms with Crippen LogP contribution in [-0.2, 0) is 9.53 Å². The van der Waals surface area contributed by atoms with Crippen molar-refractivity contribution in [3.05, 3.63) is 42.2 Å². The molecule has 4 heteroatoms. The van der Waals surface area contributed by atoms with Gasteiger partial charge in [0.05, 0.1) is 7.11 Å². The third-order valence-electron chi connectivity index (χ3n) is 3.74. The zero-order valence-electron chi connectivity index (χ0n) is 11.9. The van der Waals surface area contributed by atoms with Crippen molar-refractivity contribution in [3.63, 3.8) is 0 Å². The summed E-state index contributed by atoms with van der Waals surface area (Å²) in [6, 6.07) is 4.51. The van der Waals surface area contributed by atoms with Gasteiger partial charge in [0, 0.05) is 24.9 Å². The Balaban J connectivity index is 1.80. The average Bonchev–Trinajstić information content (AvgIpc) is 2.96. The first-order valence-electron chi connectivity index (χ1n) is 7.16. The second-order valence-corrected chi connectivity index (χ2v) is 5.09. The highest BCUT2D eigenvalue weighted by atomic mass is 16.5. The van der Waals surface area contributed by atoms with Crippen LogP contribution in [0.3, 0.4) is 0 Å². The summed E-state index contributed by atoms with van der Waals surface area (Å²) in [5, 5.41) is 3.54. The molecule has 1 aromatic rings. The molecule has 0 bridgehead atoms. The average molecular weight is 274 g/mol. The van der Waals surface area contributed by atoms with Gasteiger partial charge in [-0.3, -0.25) is 9.78 Å². The molecule has 1 aliphatic heterocycles. The number of pyridine rings is 1. The third-order valence-corrected chi connectivity index (χ3v) is 3.74. The molecule has 0 spiro atoms. The van der Waals surface area contributed by atoms with E-state index in [4.69, 9.17) is 0 Å². The number of ether oxygens (including phenoxy) is 1. The van der Waals surface area contributed by atoms with Crippen molar-refractivity contribution in [1.82, 2.24) is 10.3 Å². The molecule has 0 radical (unpaired) electrons. The molecule has 4 nitrogen and oxygen atoms in total. The summed E-state index contributed by atoms with van der Waals surface area (Å²) in [6.07, 6.45) is 11.4. The van der Waals surface area contributed by atoms with Gasteiger partial charge >= 0.3 is 5.97 Å². The molecule has 0 amide bonds. The molecule has 0 aliphatic carbocycles. The van der Waals surface area contributed by atoms with Crippen molar-refractivity contribution >= 4 is 5.97 Å². The van der Waals surface area contributed by atoms with E-state index in [0.717, 1.165) is 19.4 Å². The Bertz CT molecular complexity index is 445. The summed E-state index contributed by atoms with van der Waals surface area (Å²) in [5.74, 6) is 0.457. The van der Waals surface area contributed by atoms with Gasteiger partial charge in [0.15, 0.2) is 0 Å². The van der Waals surface area contributed by atoms with E-state index in [0.29, 0.717) is 18.4 Å². The number of aromatic nitrogens is 1. The van der Waals surface area contributed by atoms with Gasteiger partial charge in [-0.15, -0.1) is 0 Å². The molecular formula is C16H22N2O2. The molecule has 2 atom stereocenters. The van der Waals surface area contributed by atoms with E-state index < -0.39 is 0 Å². The Morgan fingerprint density at radius 3 is 3.20 bits per heavy atom. The van der Waals surface area contributed by atoms with Gasteiger partial charge in [0.2, 0.25) is 0 Å². The van der Waals surface area contributed by atoms with Gasteiger partial charge in [-0.25, -0.2) is 0 Å². The van der Waals surface area contributed by atoms with Crippen molar-refractivity contribution in [2.24, 2.45) is 5.92 Å². The predicted octanol–water partition coefficient (Wildman–Crippen LogP) is 2.63. The Morgan fingerprint density at radius 2 is 2.45 bits per heavy atom. The minimum absolute atomic E-state index is 0.148. The highest BCUT2D eigenvalue weighted by Crippen LogP contribution is 2.31. The summed E-state index contributed by atoms with van der Waals surface area (Å²) in [7, 11) is 1.43. The van der Waals surface area contributed by atoms with Gasteiger partial charge in [0.1, 0.15) is 0 Å². The number of hydrogen-bond donors (Lipinski definition) is 1. The van der Waals surface area contributed by atoms with Gasteiger partial charge in [-0.1, -0.05) is 18.2 Å². The molecule has 20 heavy (non-hydrogen) atoms. The number of esters is 1. The Hall–Kier alpha value is -1.68. The van der Waals surface area contributed by atoms with E-state index in [1.165, 1.54) is 19.1 Å². The van der Waals surface area contributed by atoms with Crippen molar-refractivity contribution in [2.45, 2.75) is 31.7 Å². The van der Waals surface area contributed by atoms with Crippen LogP contribution in [0.25, 0.3) is 0 Å². The fourth-order valence-corrected chi connectivity index (χ4v) is 2.65. The number of allylic oxidation sites excluding steroid dienone is 2. The van der Waals surface area contributed by atoms with Crippen LogP contribution in [0.2, 0.25) is 0 Å². The SMILES string of the molecule is COC(=O)CCC=CC[C@H]1CCN[C@H]1c1cccnc1. The summed E-state index contributed by atoms with van der Waals surface area (Å²) < 4.78 is 4.62. The molecule has 0 unspecified atom stereocenters. The van der Waals surface area contributed by atoms with Crippen LogP contribution in [0.1, 0.15) is 37.3 Å². The molecule has 1 aromatic heterocycles. The minimum Gasteiger partial charge on any atom is -0.469 e. The van der Waals surface area contributed by atoms with E-state index >= 15 is 0 Å². The third kappa shape index (κ3) is 4.17. The van der Waals surface area contributed by atoms with Gasteiger partial charge in [0.25, 0.3) is 0 Å². The topological polar surface area (TPSA) is 51.2 Å². The maximum Gasteiger partial charge on any atom is 0.305 e. The zero-order chi connectivity index (χ0) is 14.2. The first kappa shape index (κ1) is 14.7. The molecule has 2 rings (SSSR count). The number of rotatable bonds is 6. The van der Waals surface area contributed by atoms with E-state index in [2.05, 4.69) is 33.3 Å². The summed E-state index contributed by atoms with van der Waals surface area (Å²) in [6.45, 7) is 1.06. The van der Waals surface area contributed by atoms with Crippen molar-refractivity contribution in [3.8, 4) is 0 Å². The quantitative estimate of drug-likeness (QED) is 0.640. The number of nitrogens with zero attached hydrogens (tertiary/aromatic N) is 1. The van der Waals surface area contributed by atoms with Crippen LogP contribution in [0.4, 0.5) is 0 Å². The van der Waals surface area contributed by atoms with Crippen LogP contribution in [0.5, 0.6) is 0 Å². The molecule has 108 valence electrons. The van der Waals surface area contributed by atoms with Crippen molar-refractivity contribution < 1.29 is 9.53 Å². The smallest absolute Gasteiger partial charge is 0.305 e. The number of carbonyl (C=O) groups is 1. The van der Waals surface area contributed by atoms with E-state index in [1.54, 1.807) is 6.20 Å². The number of nitrogens with one attached hydrogen (secondary N) is 1. The fraction of sp³-hybridized carbons (Fsp3) is 0.500. The van der Waals surface area contributed by atoms with E-state index in [-0.39, 0.29) is 5.97 Å². The van der Waals surface area contributed by atoms with E-state index in [9.17, 15) is 4.79 Å². The standard InChI is InChI=1S/C16H22N2O2/c1-20-15(19)8-4-2-3-6-13-9-11-18-16(13)14-7-5-10-17-12-14/h2-3,5,7,10,12-13,16,18H,4,6,8-9,11H2,1H3/t13-,16+/m0/s1. The van der Waals surface area contributed by atoms with Crippen molar-refractivity contribution in [2.75, 3.05) is 13.7 Å². The van der Waals surface area contributed by atoms with Crippen LogP contribution in [0, 0.1) is 5.92 Å². The lowest BCUT2D eigenvalue weighted by atomic mass is 9.92. The second-order valence-electron chi connectivity index (χ2n) is 5.09. The van der Waals surface area contributed by atoms with Crippen LogP contribution in [-0.4, -0.2) is 24.6 Å². The Labute approximate surface area is 120 Å². The first-order chi connectivity index (χ1) is 9.81. The van der Waals surface area contributed by atoms with Crippen molar-refractivity contribution in [1.29, 1.82) is 0 Å². The van der Waals surface area contributed by atoms with Crippen LogP contribution < -0.4 is 5.32 Å². The molecule has 2 heterocycles. The molecule has 0 aromatic carbocycles. The minimum atomic E-state index is -0.148. The molecular weight excluding hydrogens is 252 g/mol. The Morgan fingerprint density at radius 1 is 1.55 bits per heavy atom. The molecule has 1 fully saturated rings. The normalized spacial score (nSPS) is 22.2. The Kier molecular flexibility index (Phi) is 5.74. The largest absolute Gasteiger partial charge is 0.469 e. The highest BCUT2D eigenvalue weighted by Gasteiger charge is 2.26. The van der Waals surface area contributed by atoms with Crippen LogP contribution >= 0.6 is 0 Å². The predicted molar refractivity (Wildman–Crippen MR) is 78.1 cm³/mol. The van der Waals surface area contributed by atoms with Gasteiger partial charge in [-0.05, 0) is 43.4 Å². The molecule has 1 aliphatic rings. The lowest BCUT2D eigenvalue weighted by Crippen LogP contribution is -2.17. The molecule has 0 saturated carbocycles. The summed E-state index contributed by atoms with van der Waals surface area (Å²) >= 11 is 0. The number of carbonyl (C=O) groups excluding carboxylic acids is 1.